The lowest BCUT2D eigenvalue weighted by Crippen LogP contribution is -2.33. The summed E-state index contributed by atoms with van der Waals surface area (Å²) in [4.78, 5) is 12.3. The number of carbonyl (C=O) groups is 1. The third-order valence-corrected chi connectivity index (χ3v) is 4.75. The zero-order valence-corrected chi connectivity index (χ0v) is 13.5. The van der Waals surface area contributed by atoms with Crippen molar-refractivity contribution in [2.45, 2.75) is 32.4 Å². The van der Waals surface area contributed by atoms with Crippen molar-refractivity contribution in [2.75, 3.05) is 13.1 Å². The van der Waals surface area contributed by atoms with E-state index >= 15 is 0 Å². The molecule has 1 aliphatic carbocycles. The zero-order chi connectivity index (χ0) is 15.6. The molecule has 0 radical (unpaired) electrons. The van der Waals surface area contributed by atoms with Crippen LogP contribution in [-0.4, -0.2) is 25.6 Å². The van der Waals surface area contributed by atoms with Gasteiger partial charge in [0.05, 0.1) is 0 Å². The molecule has 2 fully saturated rings. The van der Waals surface area contributed by atoms with Gasteiger partial charge >= 0.3 is 6.61 Å². The fourth-order valence-corrected chi connectivity index (χ4v) is 3.36. The highest BCUT2D eigenvalue weighted by Gasteiger charge is 2.57. The maximum Gasteiger partial charge on any atom is 0.387 e. The van der Waals surface area contributed by atoms with Crippen LogP contribution in [0.3, 0.4) is 0 Å². The minimum absolute atomic E-state index is 0. The van der Waals surface area contributed by atoms with Crippen molar-refractivity contribution >= 4 is 18.3 Å². The van der Waals surface area contributed by atoms with Crippen LogP contribution in [0.5, 0.6) is 5.75 Å². The summed E-state index contributed by atoms with van der Waals surface area (Å²) in [6.45, 7) is -0.714. The molecular weight excluding hydrogens is 326 g/mol. The SMILES string of the molecule is Cl.O=C(NCc1ccccc1OC(F)F)C1CC12CCNCC2. The molecule has 1 heterocycles. The minimum atomic E-state index is -2.86. The van der Waals surface area contributed by atoms with Gasteiger partial charge in [-0.2, -0.15) is 8.78 Å². The lowest BCUT2D eigenvalue weighted by Gasteiger charge is -2.23. The summed E-state index contributed by atoms with van der Waals surface area (Å²) in [5, 5.41) is 6.17. The molecule has 1 unspecified atom stereocenters. The quantitative estimate of drug-likeness (QED) is 0.862. The van der Waals surface area contributed by atoms with Crippen molar-refractivity contribution < 1.29 is 18.3 Å². The number of rotatable bonds is 5. The van der Waals surface area contributed by atoms with Gasteiger partial charge in [-0.15, -0.1) is 12.4 Å². The van der Waals surface area contributed by atoms with Crippen LogP contribution in [-0.2, 0) is 11.3 Å². The van der Waals surface area contributed by atoms with Crippen LogP contribution in [0, 0.1) is 11.3 Å². The number of hydrogen-bond acceptors (Lipinski definition) is 3. The van der Waals surface area contributed by atoms with Crippen molar-refractivity contribution in [3.05, 3.63) is 29.8 Å². The van der Waals surface area contributed by atoms with Crippen LogP contribution in [0.2, 0.25) is 0 Å². The Morgan fingerprint density at radius 1 is 1.35 bits per heavy atom. The molecule has 1 saturated heterocycles. The fourth-order valence-electron chi connectivity index (χ4n) is 3.36. The Bertz CT molecular complexity index is 551. The number of piperidine rings is 1. The molecule has 1 amide bonds. The van der Waals surface area contributed by atoms with E-state index < -0.39 is 6.61 Å². The van der Waals surface area contributed by atoms with E-state index in [4.69, 9.17) is 0 Å². The maximum absolute atomic E-state index is 12.4. The topological polar surface area (TPSA) is 50.4 Å². The first-order valence-electron chi connectivity index (χ1n) is 7.62. The largest absolute Gasteiger partial charge is 0.434 e. The first-order chi connectivity index (χ1) is 10.6. The molecule has 0 aromatic heterocycles. The lowest BCUT2D eigenvalue weighted by molar-refractivity contribution is -0.123. The van der Waals surface area contributed by atoms with E-state index in [1.807, 2.05) is 0 Å². The molecule has 3 rings (SSSR count). The Hall–Kier alpha value is -1.40. The smallest absolute Gasteiger partial charge is 0.387 e. The normalized spacial score (nSPS) is 21.6. The molecule has 2 aliphatic rings. The van der Waals surface area contributed by atoms with Gasteiger partial charge in [0.1, 0.15) is 5.75 Å². The molecule has 1 saturated carbocycles. The Balaban J connectivity index is 0.00000192. The van der Waals surface area contributed by atoms with Crippen LogP contribution < -0.4 is 15.4 Å². The number of benzene rings is 1. The first-order valence-corrected chi connectivity index (χ1v) is 7.62. The lowest BCUT2D eigenvalue weighted by atomic mass is 9.92. The summed E-state index contributed by atoms with van der Waals surface area (Å²) in [7, 11) is 0. The minimum Gasteiger partial charge on any atom is -0.434 e. The van der Waals surface area contributed by atoms with E-state index in [9.17, 15) is 13.6 Å². The first kappa shape index (κ1) is 17.9. The van der Waals surface area contributed by atoms with E-state index in [2.05, 4.69) is 15.4 Å². The van der Waals surface area contributed by atoms with E-state index in [1.54, 1.807) is 18.2 Å². The second-order valence-corrected chi connectivity index (χ2v) is 6.07. The Labute approximate surface area is 140 Å². The molecule has 7 heteroatoms. The number of alkyl halides is 2. The molecule has 1 atom stereocenters. The van der Waals surface area contributed by atoms with Crippen molar-refractivity contribution in [1.29, 1.82) is 0 Å². The number of carbonyl (C=O) groups excluding carboxylic acids is 1. The zero-order valence-electron chi connectivity index (χ0n) is 12.7. The number of halogens is 3. The summed E-state index contributed by atoms with van der Waals surface area (Å²) >= 11 is 0. The van der Waals surface area contributed by atoms with Crippen LogP contribution in [0.25, 0.3) is 0 Å². The van der Waals surface area contributed by atoms with Gasteiger partial charge in [0.25, 0.3) is 0 Å². The van der Waals surface area contributed by atoms with Crippen LogP contribution in [0.4, 0.5) is 8.78 Å². The van der Waals surface area contributed by atoms with E-state index in [0.717, 1.165) is 32.4 Å². The molecule has 4 nitrogen and oxygen atoms in total. The second kappa shape index (κ2) is 7.45. The highest BCUT2D eigenvalue weighted by Crippen LogP contribution is 2.58. The predicted octanol–water partition coefficient (Wildman–Crippen LogP) is 2.72. The van der Waals surface area contributed by atoms with Gasteiger partial charge in [0.2, 0.25) is 5.91 Å². The third kappa shape index (κ3) is 4.12. The highest BCUT2D eigenvalue weighted by atomic mass is 35.5. The van der Waals surface area contributed by atoms with Gasteiger partial charge in [-0.1, -0.05) is 18.2 Å². The van der Waals surface area contributed by atoms with Gasteiger partial charge in [-0.05, 0) is 43.8 Å². The van der Waals surface area contributed by atoms with Gasteiger partial charge in [-0.3, -0.25) is 4.79 Å². The van der Waals surface area contributed by atoms with Gasteiger partial charge < -0.3 is 15.4 Å². The van der Waals surface area contributed by atoms with Crippen molar-refractivity contribution in [3.63, 3.8) is 0 Å². The summed E-state index contributed by atoms with van der Waals surface area (Å²) in [5.41, 5.74) is 0.741. The summed E-state index contributed by atoms with van der Waals surface area (Å²) in [5.74, 6) is 0.205. The number of nitrogens with one attached hydrogen (secondary N) is 2. The maximum atomic E-state index is 12.4. The summed E-state index contributed by atoms with van der Waals surface area (Å²) < 4.78 is 29.2. The molecule has 1 spiro atoms. The van der Waals surface area contributed by atoms with Crippen molar-refractivity contribution in [2.24, 2.45) is 11.3 Å². The number of amides is 1. The molecule has 128 valence electrons. The van der Waals surface area contributed by atoms with Gasteiger partial charge in [0, 0.05) is 18.0 Å². The molecule has 0 bridgehead atoms. The standard InChI is InChI=1S/C16H20F2N2O2.ClH/c17-15(18)22-13-4-2-1-3-11(13)10-20-14(21)12-9-16(12)5-7-19-8-6-16;/h1-4,12,15,19H,5-10H2,(H,20,21);1H. The van der Waals surface area contributed by atoms with Crippen molar-refractivity contribution in [3.8, 4) is 5.75 Å². The van der Waals surface area contributed by atoms with E-state index in [-0.39, 0.29) is 41.9 Å². The van der Waals surface area contributed by atoms with Crippen LogP contribution in [0.15, 0.2) is 24.3 Å². The Morgan fingerprint density at radius 3 is 2.74 bits per heavy atom. The summed E-state index contributed by atoms with van der Waals surface area (Å²) in [6, 6.07) is 6.55. The number of para-hydroxylation sites is 1. The van der Waals surface area contributed by atoms with E-state index in [1.165, 1.54) is 6.07 Å². The van der Waals surface area contributed by atoms with Crippen LogP contribution >= 0.6 is 12.4 Å². The monoisotopic (exact) mass is 346 g/mol. The molecule has 1 aromatic rings. The molecule has 1 aliphatic heterocycles. The van der Waals surface area contributed by atoms with E-state index in [0.29, 0.717) is 5.56 Å². The number of ether oxygens (including phenoxy) is 1. The highest BCUT2D eigenvalue weighted by molar-refractivity contribution is 5.85. The third-order valence-electron chi connectivity index (χ3n) is 4.75. The van der Waals surface area contributed by atoms with Gasteiger partial charge in [0.15, 0.2) is 0 Å². The Kier molecular flexibility index (Phi) is 5.81. The predicted molar refractivity (Wildman–Crippen MR) is 84.8 cm³/mol. The fraction of sp³-hybridized carbons (Fsp3) is 0.562. The average Bonchev–Trinajstić information content (AvgIpc) is 3.19. The Morgan fingerprint density at radius 2 is 2.04 bits per heavy atom. The second-order valence-electron chi connectivity index (χ2n) is 6.07. The average molecular weight is 347 g/mol. The summed E-state index contributed by atoms with van der Waals surface area (Å²) in [6.07, 6.45) is 3.02. The van der Waals surface area contributed by atoms with Crippen molar-refractivity contribution in [1.82, 2.24) is 10.6 Å². The van der Waals surface area contributed by atoms with Gasteiger partial charge in [-0.25, -0.2) is 0 Å². The number of hydrogen-bond donors (Lipinski definition) is 2. The molecule has 2 N–H and O–H groups in total. The molecule has 1 aromatic carbocycles. The molecular formula is C16H21ClF2N2O2. The van der Waals surface area contributed by atoms with Crippen LogP contribution in [0.1, 0.15) is 24.8 Å². The molecule has 23 heavy (non-hydrogen) atoms.